The van der Waals surface area contributed by atoms with Gasteiger partial charge in [0, 0.05) is 37.3 Å². The van der Waals surface area contributed by atoms with Crippen LogP contribution < -0.4 is 4.72 Å². The highest BCUT2D eigenvalue weighted by Crippen LogP contribution is 2.18. The Balaban J connectivity index is 1.43. The Bertz CT molecular complexity index is 622. The van der Waals surface area contributed by atoms with E-state index in [-0.39, 0.29) is 17.7 Å². The van der Waals surface area contributed by atoms with E-state index in [2.05, 4.69) is 9.62 Å². The van der Waals surface area contributed by atoms with Gasteiger partial charge in [-0.2, -0.15) is 0 Å². The molecule has 5 nitrogen and oxygen atoms in total. The third-order valence-corrected chi connectivity index (χ3v) is 6.59. The highest BCUT2D eigenvalue weighted by Gasteiger charge is 2.27. The Labute approximate surface area is 149 Å². The van der Waals surface area contributed by atoms with Crippen molar-refractivity contribution in [3.05, 3.63) is 34.9 Å². The third-order valence-electron chi connectivity index (χ3n) is 4.73. The third kappa shape index (κ3) is 5.43. The SMILES string of the molecule is O=S(=O)(C[C@H]1CCOC1)NC1CCN(Cc2ccc(Cl)cc2)CC1. The molecule has 0 saturated carbocycles. The summed E-state index contributed by atoms with van der Waals surface area (Å²) in [5, 5.41) is 0.750. The minimum atomic E-state index is -3.21. The second kappa shape index (κ2) is 8.15. The van der Waals surface area contributed by atoms with E-state index in [9.17, 15) is 8.42 Å². The van der Waals surface area contributed by atoms with Gasteiger partial charge in [0.15, 0.2) is 0 Å². The molecule has 134 valence electrons. The van der Waals surface area contributed by atoms with Crippen molar-refractivity contribution in [1.29, 1.82) is 0 Å². The lowest BCUT2D eigenvalue weighted by molar-refractivity contribution is 0.188. The summed E-state index contributed by atoms with van der Waals surface area (Å²) in [5.41, 5.74) is 1.24. The number of nitrogens with zero attached hydrogens (tertiary/aromatic N) is 1. The fourth-order valence-corrected chi connectivity index (χ4v) is 5.23. The monoisotopic (exact) mass is 372 g/mol. The second-order valence-electron chi connectivity index (χ2n) is 6.81. The second-order valence-corrected chi connectivity index (χ2v) is 9.04. The molecule has 24 heavy (non-hydrogen) atoms. The molecule has 1 aromatic rings. The van der Waals surface area contributed by atoms with Crippen molar-refractivity contribution in [2.75, 3.05) is 32.1 Å². The standard InChI is InChI=1S/C17H25ClN2O3S/c18-16-3-1-14(2-4-16)11-20-8-5-17(6-9-20)19-24(21,22)13-15-7-10-23-12-15/h1-4,15,17,19H,5-13H2/t15-/m0/s1. The van der Waals surface area contributed by atoms with Crippen LogP contribution in [0.3, 0.4) is 0 Å². The molecule has 0 amide bonds. The summed E-state index contributed by atoms with van der Waals surface area (Å²) in [5.74, 6) is 0.338. The van der Waals surface area contributed by atoms with Crippen molar-refractivity contribution >= 4 is 21.6 Å². The van der Waals surface area contributed by atoms with Gasteiger partial charge in [-0.1, -0.05) is 23.7 Å². The molecule has 0 spiro atoms. The van der Waals surface area contributed by atoms with E-state index >= 15 is 0 Å². The zero-order chi connectivity index (χ0) is 17.0. The molecule has 2 aliphatic rings. The van der Waals surface area contributed by atoms with Gasteiger partial charge >= 0.3 is 0 Å². The number of rotatable bonds is 6. The summed E-state index contributed by atoms with van der Waals surface area (Å²) in [6, 6.07) is 7.95. The number of nitrogens with one attached hydrogen (secondary N) is 1. The molecule has 0 aliphatic carbocycles. The molecule has 0 bridgehead atoms. The number of benzene rings is 1. The van der Waals surface area contributed by atoms with Gasteiger partial charge in [0.25, 0.3) is 0 Å². The van der Waals surface area contributed by atoms with Crippen molar-refractivity contribution in [1.82, 2.24) is 9.62 Å². The molecule has 3 rings (SSSR count). The Morgan fingerprint density at radius 2 is 1.88 bits per heavy atom. The molecule has 2 heterocycles. The molecule has 2 fully saturated rings. The normalized spacial score (nSPS) is 23.6. The zero-order valence-corrected chi connectivity index (χ0v) is 15.4. The van der Waals surface area contributed by atoms with Crippen LogP contribution in [0.4, 0.5) is 0 Å². The predicted molar refractivity (Wildman–Crippen MR) is 95.6 cm³/mol. The maximum absolute atomic E-state index is 12.3. The molecule has 1 atom stereocenters. The largest absolute Gasteiger partial charge is 0.381 e. The zero-order valence-electron chi connectivity index (χ0n) is 13.8. The molecule has 1 N–H and O–H groups in total. The first-order chi connectivity index (χ1) is 11.5. The minimum absolute atomic E-state index is 0.0544. The number of piperidine rings is 1. The molecule has 0 unspecified atom stereocenters. The molecular formula is C17H25ClN2O3S. The van der Waals surface area contributed by atoms with Gasteiger partial charge in [-0.25, -0.2) is 13.1 Å². The first-order valence-electron chi connectivity index (χ1n) is 8.55. The van der Waals surface area contributed by atoms with Gasteiger partial charge in [0.05, 0.1) is 12.4 Å². The first-order valence-corrected chi connectivity index (χ1v) is 10.6. The quantitative estimate of drug-likeness (QED) is 0.832. The number of sulfonamides is 1. The summed E-state index contributed by atoms with van der Waals surface area (Å²) < 4.78 is 32.7. The van der Waals surface area contributed by atoms with Crippen molar-refractivity contribution in [2.45, 2.75) is 31.8 Å². The van der Waals surface area contributed by atoms with Gasteiger partial charge in [0.1, 0.15) is 0 Å². The highest BCUT2D eigenvalue weighted by molar-refractivity contribution is 7.89. The van der Waals surface area contributed by atoms with Crippen molar-refractivity contribution in [3.8, 4) is 0 Å². The molecule has 0 aromatic heterocycles. The summed E-state index contributed by atoms with van der Waals surface area (Å²) in [7, 11) is -3.21. The maximum Gasteiger partial charge on any atom is 0.212 e. The average molecular weight is 373 g/mol. The number of likely N-dealkylation sites (tertiary alicyclic amines) is 1. The van der Waals surface area contributed by atoms with Gasteiger partial charge in [-0.3, -0.25) is 4.90 Å². The molecule has 1 aromatic carbocycles. The summed E-state index contributed by atoms with van der Waals surface area (Å²) in [6.07, 6.45) is 2.56. The number of ether oxygens (including phenoxy) is 1. The van der Waals surface area contributed by atoms with Crippen LogP contribution in [0, 0.1) is 5.92 Å². The minimum Gasteiger partial charge on any atom is -0.381 e. The van der Waals surface area contributed by atoms with Gasteiger partial charge in [-0.05, 0) is 42.9 Å². The molecule has 2 saturated heterocycles. The van der Waals surface area contributed by atoms with Crippen LogP contribution in [0.5, 0.6) is 0 Å². The fraction of sp³-hybridized carbons (Fsp3) is 0.647. The van der Waals surface area contributed by atoms with Crippen molar-refractivity contribution in [2.24, 2.45) is 5.92 Å². The van der Waals surface area contributed by atoms with Crippen LogP contribution >= 0.6 is 11.6 Å². The highest BCUT2D eigenvalue weighted by atomic mass is 35.5. The van der Waals surface area contributed by atoms with Crippen LogP contribution in [0.1, 0.15) is 24.8 Å². The summed E-state index contributed by atoms with van der Waals surface area (Å²) >= 11 is 5.91. The van der Waals surface area contributed by atoms with E-state index in [1.165, 1.54) is 5.56 Å². The topological polar surface area (TPSA) is 58.6 Å². The van der Waals surface area contributed by atoms with Gasteiger partial charge in [0.2, 0.25) is 10.0 Å². The maximum atomic E-state index is 12.3. The Morgan fingerprint density at radius 3 is 2.50 bits per heavy atom. The van der Waals surface area contributed by atoms with E-state index in [1.54, 1.807) is 0 Å². The number of hydrogen-bond donors (Lipinski definition) is 1. The van der Waals surface area contributed by atoms with E-state index < -0.39 is 10.0 Å². The fourth-order valence-electron chi connectivity index (χ4n) is 3.38. The molecule has 0 radical (unpaired) electrons. The Hall–Kier alpha value is -0.660. The molecular weight excluding hydrogens is 348 g/mol. The van der Waals surface area contributed by atoms with Crippen LogP contribution in [0.25, 0.3) is 0 Å². The van der Waals surface area contributed by atoms with Crippen LogP contribution in [-0.4, -0.2) is 51.4 Å². The van der Waals surface area contributed by atoms with Crippen molar-refractivity contribution in [3.63, 3.8) is 0 Å². The van der Waals surface area contributed by atoms with Crippen LogP contribution in [0.2, 0.25) is 5.02 Å². The Kier molecular flexibility index (Phi) is 6.16. The lowest BCUT2D eigenvalue weighted by atomic mass is 10.1. The number of halogens is 1. The van der Waals surface area contributed by atoms with E-state index in [0.717, 1.165) is 43.9 Å². The van der Waals surface area contributed by atoms with Crippen molar-refractivity contribution < 1.29 is 13.2 Å². The average Bonchev–Trinajstić information content (AvgIpc) is 3.03. The van der Waals surface area contributed by atoms with E-state index in [0.29, 0.717) is 13.2 Å². The molecule has 2 aliphatic heterocycles. The van der Waals surface area contributed by atoms with Gasteiger partial charge in [-0.15, -0.1) is 0 Å². The first kappa shape index (κ1) is 18.1. The summed E-state index contributed by atoms with van der Waals surface area (Å²) in [4.78, 5) is 2.36. The van der Waals surface area contributed by atoms with E-state index in [1.807, 2.05) is 24.3 Å². The number of hydrogen-bond acceptors (Lipinski definition) is 4. The van der Waals surface area contributed by atoms with Crippen LogP contribution in [0.15, 0.2) is 24.3 Å². The smallest absolute Gasteiger partial charge is 0.212 e. The predicted octanol–water partition coefficient (Wildman–Crippen LogP) is 2.26. The summed E-state index contributed by atoms with van der Waals surface area (Å²) in [6.45, 7) is 3.95. The van der Waals surface area contributed by atoms with Gasteiger partial charge < -0.3 is 4.74 Å². The van der Waals surface area contributed by atoms with E-state index in [4.69, 9.17) is 16.3 Å². The lowest BCUT2D eigenvalue weighted by Crippen LogP contribution is -2.45. The molecule has 7 heteroatoms. The Morgan fingerprint density at radius 1 is 1.17 bits per heavy atom. The van der Waals surface area contributed by atoms with Crippen LogP contribution in [-0.2, 0) is 21.3 Å². The lowest BCUT2D eigenvalue weighted by Gasteiger charge is -2.32.